The Bertz CT molecular complexity index is 1120. The minimum absolute atomic E-state index is 0.128. The summed E-state index contributed by atoms with van der Waals surface area (Å²) in [5.41, 5.74) is 0.695. The number of ether oxygens (including phenoxy) is 1. The largest absolute Gasteiger partial charge is 0.497 e. The Balaban J connectivity index is 2.29. The molecule has 0 spiro atoms. The van der Waals surface area contributed by atoms with E-state index in [9.17, 15) is 28.1 Å². The van der Waals surface area contributed by atoms with Crippen LogP contribution in [0.15, 0.2) is 84.9 Å². The molecule has 9 heteroatoms. The number of halogens is 3. The summed E-state index contributed by atoms with van der Waals surface area (Å²) >= 11 is 0. The van der Waals surface area contributed by atoms with Crippen LogP contribution in [-0.4, -0.2) is 30.2 Å². The molecule has 3 aromatic carbocycles. The van der Waals surface area contributed by atoms with E-state index < -0.39 is 35.0 Å². The van der Waals surface area contributed by atoms with E-state index in [1.165, 1.54) is 43.5 Å². The topological polar surface area (TPSA) is 72.7 Å². The maximum atomic E-state index is 13.9. The Labute approximate surface area is 201 Å². The lowest BCUT2D eigenvalue weighted by Crippen LogP contribution is -2.50. The van der Waals surface area contributed by atoms with Crippen molar-refractivity contribution in [3.63, 3.8) is 0 Å². The lowest BCUT2D eigenvalue weighted by Gasteiger charge is -2.36. The first-order valence-electron chi connectivity index (χ1n) is 11.0. The number of benzene rings is 3. The fourth-order valence-corrected chi connectivity index (χ4v) is 4.29. The quantitative estimate of drug-likeness (QED) is 0.268. The molecule has 0 aliphatic rings. The lowest BCUT2D eigenvalue weighted by molar-refractivity contribution is -0.531. The minimum Gasteiger partial charge on any atom is -0.497 e. The molecule has 0 bridgehead atoms. The fraction of sp³-hybridized carbons (Fsp3) is 0.269. The molecule has 0 fully saturated rings. The first-order chi connectivity index (χ1) is 16.7. The molecule has 3 atom stereocenters. The molecule has 3 aromatic rings. The highest BCUT2D eigenvalue weighted by molar-refractivity contribution is 5.98. The van der Waals surface area contributed by atoms with Gasteiger partial charge in [-0.05, 0) is 41.8 Å². The zero-order valence-corrected chi connectivity index (χ0v) is 19.2. The maximum Gasteiger partial charge on any atom is 0.471 e. The third-order valence-corrected chi connectivity index (χ3v) is 5.88. The smallest absolute Gasteiger partial charge is 0.471 e. The summed E-state index contributed by atoms with van der Waals surface area (Å²) in [5.74, 6) is -2.59. The van der Waals surface area contributed by atoms with Crippen molar-refractivity contribution in [2.24, 2.45) is 0 Å². The second-order valence-corrected chi connectivity index (χ2v) is 7.93. The number of hydrogen-bond acceptors (Lipinski definition) is 4. The van der Waals surface area contributed by atoms with Gasteiger partial charge in [0.15, 0.2) is 0 Å². The van der Waals surface area contributed by atoms with Crippen molar-refractivity contribution in [3.8, 4) is 5.75 Å². The first kappa shape index (κ1) is 25.7. The number of hydrogen-bond donors (Lipinski definition) is 0. The Kier molecular flexibility index (Phi) is 8.11. The number of rotatable bonds is 9. The van der Waals surface area contributed by atoms with Gasteiger partial charge in [0.05, 0.1) is 13.0 Å². The summed E-state index contributed by atoms with van der Waals surface area (Å²) in [4.78, 5) is 25.3. The van der Waals surface area contributed by atoms with Crippen molar-refractivity contribution in [3.05, 3.63) is 106 Å². The zero-order valence-electron chi connectivity index (χ0n) is 19.2. The van der Waals surface area contributed by atoms with Gasteiger partial charge in [-0.3, -0.25) is 19.8 Å². The molecule has 0 N–H and O–H groups in total. The monoisotopic (exact) mass is 486 g/mol. The van der Waals surface area contributed by atoms with Gasteiger partial charge in [0.2, 0.25) is 6.04 Å². The van der Waals surface area contributed by atoms with Gasteiger partial charge in [0.1, 0.15) is 11.8 Å². The van der Waals surface area contributed by atoms with Gasteiger partial charge in [-0.25, -0.2) is 0 Å². The molecule has 35 heavy (non-hydrogen) atoms. The molecule has 0 radical (unpaired) electrons. The third-order valence-electron chi connectivity index (χ3n) is 5.88. The van der Waals surface area contributed by atoms with Gasteiger partial charge in [0.25, 0.3) is 0 Å². The Morgan fingerprint density at radius 3 is 1.89 bits per heavy atom. The number of amides is 1. The molecular weight excluding hydrogens is 461 g/mol. The van der Waals surface area contributed by atoms with Crippen LogP contribution in [0.1, 0.15) is 36.4 Å². The molecule has 0 aliphatic carbocycles. The average Bonchev–Trinajstić information content (AvgIpc) is 2.86. The van der Waals surface area contributed by atoms with Crippen molar-refractivity contribution in [2.45, 2.75) is 37.5 Å². The van der Waals surface area contributed by atoms with Gasteiger partial charge in [0, 0.05) is 10.6 Å². The van der Waals surface area contributed by atoms with Crippen LogP contribution in [0, 0.1) is 10.1 Å². The van der Waals surface area contributed by atoms with E-state index in [1.807, 2.05) is 0 Å². The Morgan fingerprint density at radius 1 is 0.943 bits per heavy atom. The molecular formula is C26H25F3N2O4. The second kappa shape index (κ2) is 11.0. The lowest BCUT2D eigenvalue weighted by atomic mass is 9.82. The predicted octanol–water partition coefficient (Wildman–Crippen LogP) is 6.17. The third kappa shape index (κ3) is 5.79. The summed E-state index contributed by atoms with van der Waals surface area (Å²) in [5, 5.41) is 12.6. The van der Waals surface area contributed by atoms with E-state index in [0.29, 0.717) is 16.2 Å². The molecule has 6 nitrogen and oxygen atoms in total. The standard InChI is InChI=1S/C26H25F3N2O4/c1-3-22(18-10-6-4-7-11-18)24(31(33)34)23(19-12-8-5-9-13-19)30(25(32)26(27,28)29)20-14-16-21(35-2)17-15-20/h4-17,22-24H,3H2,1-2H3/t22-,23-,24+/m1/s1. The van der Waals surface area contributed by atoms with Crippen LogP contribution in [0.2, 0.25) is 0 Å². The minimum atomic E-state index is -5.26. The average molecular weight is 486 g/mol. The van der Waals surface area contributed by atoms with E-state index in [-0.39, 0.29) is 17.7 Å². The first-order valence-corrected chi connectivity index (χ1v) is 11.0. The number of carbonyl (C=O) groups excluding carboxylic acids is 1. The Morgan fingerprint density at radius 2 is 1.46 bits per heavy atom. The van der Waals surface area contributed by atoms with Crippen LogP contribution in [0.4, 0.5) is 18.9 Å². The molecule has 0 unspecified atom stereocenters. The van der Waals surface area contributed by atoms with Crippen molar-refractivity contribution in [2.75, 3.05) is 12.0 Å². The number of methoxy groups -OCH3 is 1. The molecule has 0 heterocycles. The molecule has 0 saturated heterocycles. The van der Waals surface area contributed by atoms with E-state index in [4.69, 9.17) is 4.74 Å². The van der Waals surface area contributed by atoms with Crippen LogP contribution < -0.4 is 9.64 Å². The van der Waals surface area contributed by atoms with Crippen LogP contribution in [-0.2, 0) is 4.79 Å². The highest BCUT2D eigenvalue weighted by atomic mass is 19.4. The van der Waals surface area contributed by atoms with Gasteiger partial charge in [-0.2, -0.15) is 13.2 Å². The normalized spacial score (nSPS) is 14.0. The van der Waals surface area contributed by atoms with Crippen LogP contribution >= 0.6 is 0 Å². The molecule has 0 aliphatic heterocycles. The number of anilines is 1. The Hall–Kier alpha value is -3.88. The molecule has 1 amide bonds. The number of nitro groups is 1. The number of nitrogens with zero attached hydrogens (tertiary/aromatic N) is 2. The molecule has 184 valence electrons. The summed E-state index contributed by atoms with van der Waals surface area (Å²) in [6.45, 7) is 1.74. The van der Waals surface area contributed by atoms with Crippen molar-refractivity contribution >= 4 is 11.6 Å². The summed E-state index contributed by atoms with van der Waals surface area (Å²) in [6, 6.07) is 18.7. The van der Waals surface area contributed by atoms with E-state index in [0.717, 1.165) is 0 Å². The molecule has 0 saturated carbocycles. The molecule has 0 aromatic heterocycles. The number of carbonyl (C=O) groups is 1. The SMILES string of the molecule is CC[C@H](c1ccccc1)[C@@H]([C@@H](c1ccccc1)N(C(=O)C(F)(F)F)c1ccc(OC)cc1)[N+](=O)[O-]. The van der Waals surface area contributed by atoms with Gasteiger partial charge in [-0.1, -0.05) is 67.6 Å². The van der Waals surface area contributed by atoms with Crippen molar-refractivity contribution in [1.29, 1.82) is 0 Å². The van der Waals surface area contributed by atoms with Crippen molar-refractivity contribution in [1.82, 2.24) is 0 Å². The van der Waals surface area contributed by atoms with Crippen molar-refractivity contribution < 1.29 is 27.6 Å². The van der Waals surface area contributed by atoms with Gasteiger partial charge >= 0.3 is 12.1 Å². The second-order valence-electron chi connectivity index (χ2n) is 7.93. The highest BCUT2D eigenvalue weighted by Crippen LogP contribution is 2.41. The highest BCUT2D eigenvalue weighted by Gasteiger charge is 2.51. The van der Waals surface area contributed by atoms with Gasteiger partial charge in [-0.15, -0.1) is 0 Å². The van der Waals surface area contributed by atoms with E-state index in [1.54, 1.807) is 55.5 Å². The summed E-state index contributed by atoms with van der Waals surface area (Å²) in [7, 11) is 1.40. The molecule has 3 rings (SSSR count). The van der Waals surface area contributed by atoms with Crippen LogP contribution in [0.5, 0.6) is 5.75 Å². The maximum absolute atomic E-state index is 13.9. The van der Waals surface area contributed by atoms with Crippen LogP contribution in [0.25, 0.3) is 0 Å². The van der Waals surface area contributed by atoms with Crippen LogP contribution in [0.3, 0.4) is 0 Å². The zero-order chi connectivity index (χ0) is 25.6. The van der Waals surface area contributed by atoms with E-state index >= 15 is 0 Å². The van der Waals surface area contributed by atoms with E-state index in [2.05, 4.69) is 0 Å². The van der Waals surface area contributed by atoms with Gasteiger partial charge < -0.3 is 4.74 Å². The number of alkyl halides is 3. The predicted molar refractivity (Wildman–Crippen MR) is 126 cm³/mol. The summed E-state index contributed by atoms with van der Waals surface area (Å²) in [6.07, 6.45) is -4.99. The summed E-state index contributed by atoms with van der Waals surface area (Å²) < 4.78 is 46.8. The fourth-order valence-electron chi connectivity index (χ4n) is 4.29.